The number of para-hydroxylation sites is 2. The fraction of sp³-hybridized carbons (Fsp3) is 0.100. The van der Waals surface area contributed by atoms with Gasteiger partial charge in [-0.15, -0.1) is 0 Å². The Labute approximate surface area is 147 Å². The molecule has 0 bridgehead atoms. The number of rotatable bonds is 7. The molecule has 4 nitrogen and oxygen atoms in total. The largest absolute Gasteiger partial charge is 0.494 e. The van der Waals surface area contributed by atoms with Gasteiger partial charge in [0.05, 0.1) is 11.9 Å². The van der Waals surface area contributed by atoms with Crippen LogP contribution in [0.3, 0.4) is 0 Å². The molecule has 0 aromatic heterocycles. The van der Waals surface area contributed by atoms with E-state index in [-0.39, 0.29) is 0 Å². The van der Waals surface area contributed by atoms with Gasteiger partial charge in [0.2, 0.25) is 0 Å². The van der Waals surface area contributed by atoms with E-state index in [9.17, 15) is 4.57 Å². The third-order valence-electron chi connectivity index (χ3n) is 3.40. The van der Waals surface area contributed by atoms with Crippen molar-refractivity contribution in [1.29, 1.82) is 0 Å². The van der Waals surface area contributed by atoms with Crippen LogP contribution in [0.5, 0.6) is 17.2 Å². The second kappa shape index (κ2) is 7.91. The molecule has 0 saturated heterocycles. The molecular weight excluding hydrogens is 335 g/mol. The van der Waals surface area contributed by atoms with Crippen LogP contribution in [0.4, 0.5) is 0 Å². The van der Waals surface area contributed by atoms with Crippen LogP contribution < -0.4 is 19.1 Å². The van der Waals surface area contributed by atoms with Gasteiger partial charge in [0.25, 0.3) is 0 Å². The molecule has 25 heavy (non-hydrogen) atoms. The van der Waals surface area contributed by atoms with Gasteiger partial charge in [-0.05, 0) is 55.5 Å². The summed E-state index contributed by atoms with van der Waals surface area (Å²) in [5.41, 5.74) is 0. The summed E-state index contributed by atoms with van der Waals surface area (Å²) in [6.45, 7) is 2.48. The third kappa shape index (κ3) is 4.43. The summed E-state index contributed by atoms with van der Waals surface area (Å²) >= 11 is 0. The molecule has 0 spiro atoms. The van der Waals surface area contributed by atoms with Crippen LogP contribution in [-0.2, 0) is 4.57 Å². The lowest BCUT2D eigenvalue weighted by Crippen LogP contribution is -2.14. The monoisotopic (exact) mass is 354 g/mol. The molecule has 0 aliphatic rings. The molecule has 0 aliphatic heterocycles. The van der Waals surface area contributed by atoms with Gasteiger partial charge in [-0.25, -0.2) is 4.57 Å². The Morgan fingerprint density at radius 3 is 1.60 bits per heavy atom. The molecule has 0 unspecified atom stereocenters. The summed E-state index contributed by atoms with van der Waals surface area (Å²) in [4.78, 5) is 0. The Hall–Kier alpha value is -2.71. The van der Waals surface area contributed by atoms with Gasteiger partial charge in [-0.3, -0.25) is 0 Å². The number of hydrogen-bond acceptors (Lipinski definition) is 4. The van der Waals surface area contributed by atoms with Crippen molar-refractivity contribution in [2.75, 3.05) is 6.61 Å². The zero-order valence-electron chi connectivity index (χ0n) is 13.9. The summed E-state index contributed by atoms with van der Waals surface area (Å²) < 4.78 is 30.5. The minimum absolute atomic E-state index is 0.462. The fourth-order valence-corrected chi connectivity index (χ4v) is 3.82. The summed E-state index contributed by atoms with van der Waals surface area (Å²) in [6.07, 6.45) is 0. The Morgan fingerprint density at radius 2 is 1.16 bits per heavy atom. The van der Waals surface area contributed by atoms with E-state index in [2.05, 4.69) is 0 Å². The highest BCUT2D eigenvalue weighted by Gasteiger charge is 2.31. The standard InChI is InChI=1S/C20H19O4P/c1-2-22-17-13-15-20(16-14-17)25(21,23-18-9-5-3-6-10-18)24-19-11-7-4-8-12-19/h3-16H,2H2,1H3. The predicted molar refractivity (Wildman–Crippen MR) is 99.0 cm³/mol. The summed E-state index contributed by atoms with van der Waals surface area (Å²) in [6, 6.07) is 24.9. The molecule has 5 heteroatoms. The first kappa shape index (κ1) is 17.1. The van der Waals surface area contributed by atoms with Crippen molar-refractivity contribution >= 4 is 12.9 Å². The third-order valence-corrected chi connectivity index (χ3v) is 5.23. The van der Waals surface area contributed by atoms with Crippen LogP contribution in [0.25, 0.3) is 0 Å². The van der Waals surface area contributed by atoms with Gasteiger partial charge in [0.15, 0.2) is 0 Å². The van der Waals surface area contributed by atoms with Gasteiger partial charge in [-0.1, -0.05) is 36.4 Å². The molecule has 0 fully saturated rings. The van der Waals surface area contributed by atoms with E-state index >= 15 is 0 Å². The number of benzene rings is 3. The molecule has 3 rings (SSSR count). The van der Waals surface area contributed by atoms with Crippen molar-refractivity contribution in [3.05, 3.63) is 84.9 Å². The SMILES string of the molecule is CCOc1ccc(P(=O)(Oc2ccccc2)Oc2ccccc2)cc1. The topological polar surface area (TPSA) is 44.8 Å². The zero-order chi connectivity index (χ0) is 17.5. The fourth-order valence-electron chi connectivity index (χ4n) is 2.26. The first-order valence-corrected chi connectivity index (χ1v) is 9.56. The summed E-state index contributed by atoms with van der Waals surface area (Å²) in [7, 11) is -3.61. The highest BCUT2D eigenvalue weighted by Crippen LogP contribution is 2.47. The summed E-state index contributed by atoms with van der Waals surface area (Å²) in [5.74, 6) is 1.67. The molecule has 0 radical (unpaired) electrons. The van der Waals surface area contributed by atoms with Crippen LogP contribution in [0.15, 0.2) is 84.9 Å². The van der Waals surface area contributed by atoms with Crippen LogP contribution in [0, 0.1) is 0 Å². The molecular formula is C20H19O4P. The smallest absolute Gasteiger partial charge is 0.462 e. The van der Waals surface area contributed by atoms with E-state index in [0.717, 1.165) is 0 Å². The normalized spacial score (nSPS) is 10.9. The lowest BCUT2D eigenvalue weighted by Gasteiger charge is -2.20. The van der Waals surface area contributed by atoms with Crippen LogP contribution in [0.1, 0.15) is 6.92 Å². The van der Waals surface area contributed by atoms with Gasteiger partial charge in [-0.2, -0.15) is 0 Å². The molecule has 0 atom stereocenters. The van der Waals surface area contributed by atoms with Gasteiger partial charge >= 0.3 is 7.60 Å². The lowest BCUT2D eigenvalue weighted by molar-refractivity contribution is 0.340. The van der Waals surface area contributed by atoms with Crippen molar-refractivity contribution in [2.45, 2.75) is 6.92 Å². The first-order chi connectivity index (χ1) is 12.2. The highest BCUT2D eigenvalue weighted by molar-refractivity contribution is 7.63. The van der Waals surface area contributed by atoms with Gasteiger partial charge < -0.3 is 13.8 Å². The van der Waals surface area contributed by atoms with Crippen LogP contribution in [0.2, 0.25) is 0 Å². The average molecular weight is 354 g/mol. The van der Waals surface area contributed by atoms with Crippen LogP contribution >= 0.6 is 7.60 Å². The van der Waals surface area contributed by atoms with E-state index in [1.54, 1.807) is 48.5 Å². The molecule has 3 aromatic carbocycles. The maximum Gasteiger partial charge on any atom is 0.462 e. The van der Waals surface area contributed by atoms with Crippen molar-refractivity contribution < 1.29 is 18.3 Å². The maximum atomic E-state index is 13.5. The van der Waals surface area contributed by atoms with Crippen molar-refractivity contribution in [2.24, 2.45) is 0 Å². The minimum atomic E-state index is -3.61. The van der Waals surface area contributed by atoms with Crippen molar-refractivity contribution in [1.82, 2.24) is 0 Å². The minimum Gasteiger partial charge on any atom is -0.494 e. The Morgan fingerprint density at radius 1 is 0.680 bits per heavy atom. The molecule has 0 aliphatic carbocycles. The maximum absolute atomic E-state index is 13.5. The quantitative estimate of drug-likeness (QED) is 0.556. The van der Waals surface area contributed by atoms with Crippen molar-refractivity contribution in [3.8, 4) is 17.2 Å². The van der Waals surface area contributed by atoms with Gasteiger partial charge in [0.1, 0.15) is 17.2 Å². The number of ether oxygens (including phenoxy) is 1. The van der Waals surface area contributed by atoms with E-state index in [4.69, 9.17) is 13.8 Å². The summed E-state index contributed by atoms with van der Waals surface area (Å²) in [5, 5.41) is 0.462. The molecule has 0 saturated carbocycles. The Kier molecular flexibility index (Phi) is 5.42. The molecule has 128 valence electrons. The van der Waals surface area contributed by atoms with E-state index in [1.807, 2.05) is 43.3 Å². The average Bonchev–Trinajstić information content (AvgIpc) is 2.64. The first-order valence-electron chi connectivity index (χ1n) is 8.02. The highest BCUT2D eigenvalue weighted by atomic mass is 31.2. The van der Waals surface area contributed by atoms with Crippen molar-refractivity contribution in [3.63, 3.8) is 0 Å². The molecule has 0 amide bonds. The van der Waals surface area contributed by atoms with E-state index in [1.165, 1.54) is 0 Å². The van der Waals surface area contributed by atoms with Gasteiger partial charge in [0, 0.05) is 0 Å². The van der Waals surface area contributed by atoms with Crippen LogP contribution in [-0.4, -0.2) is 6.61 Å². The lowest BCUT2D eigenvalue weighted by atomic mass is 10.3. The van der Waals surface area contributed by atoms with E-state index in [0.29, 0.717) is 29.2 Å². The Bertz CT molecular complexity index is 787. The number of hydrogen-bond donors (Lipinski definition) is 0. The predicted octanol–water partition coefficient (Wildman–Crippen LogP) is 5.06. The second-order valence-electron chi connectivity index (χ2n) is 5.23. The molecule has 0 heterocycles. The molecule has 3 aromatic rings. The Balaban J connectivity index is 1.94. The second-order valence-corrected chi connectivity index (χ2v) is 7.11. The van der Waals surface area contributed by atoms with E-state index < -0.39 is 7.60 Å². The zero-order valence-corrected chi connectivity index (χ0v) is 14.8. The molecule has 0 N–H and O–H groups in total.